The van der Waals surface area contributed by atoms with Gasteiger partial charge < -0.3 is 9.94 Å². The number of methoxy groups -OCH3 is 1. The van der Waals surface area contributed by atoms with Gasteiger partial charge in [0.2, 0.25) is 0 Å². The van der Waals surface area contributed by atoms with Crippen molar-refractivity contribution in [2.24, 2.45) is 0 Å². The Morgan fingerprint density at radius 1 is 1.47 bits per heavy atom. The first-order valence-electron chi connectivity index (χ1n) is 4.28. The third-order valence-electron chi connectivity index (χ3n) is 1.75. The highest BCUT2D eigenvalue weighted by molar-refractivity contribution is 5.86. The van der Waals surface area contributed by atoms with E-state index in [-0.39, 0.29) is 5.70 Å². The van der Waals surface area contributed by atoms with Gasteiger partial charge in [-0.1, -0.05) is 18.2 Å². The highest BCUT2D eigenvalue weighted by atomic mass is 16.5. The van der Waals surface area contributed by atoms with Gasteiger partial charge in [0, 0.05) is 5.56 Å². The molecule has 0 unspecified atom stereocenters. The summed E-state index contributed by atoms with van der Waals surface area (Å²) in [6.07, 6.45) is 1.26. The Labute approximate surface area is 87.7 Å². The average molecular weight is 205 g/mol. The quantitative estimate of drug-likeness (QED) is 0.187. The van der Waals surface area contributed by atoms with Crippen molar-refractivity contribution in [3.05, 3.63) is 53.4 Å². The first kappa shape index (κ1) is 11.0. The summed E-state index contributed by atoms with van der Waals surface area (Å²) in [5.41, 5.74) is 0.443. The molecule has 1 aromatic rings. The number of ether oxygens (including phenoxy) is 1. The molecule has 4 heteroatoms. The molecule has 0 saturated carbocycles. The second-order valence-electron chi connectivity index (χ2n) is 2.80. The highest BCUT2D eigenvalue weighted by Gasteiger charge is 2.14. The van der Waals surface area contributed by atoms with Crippen LogP contribution in [-0.4, -0.2) is 24.0 Å². The summed E-state index contributed by atoms with van der Waals surface area (Å²) in [5, 5.41) is 11.4. The molecular formula is C11H11NO3. The van der Waals surface area contributed by atoms with Gasteiger partial charge in [-0.15, -0.1) is 0 Å². The molecule has 0 amide bonds. The van der Waals surface area contributed by atoms with E-state index >= 15 is 0 Å². The number of benzene rings is 1. The zero-order valence-electron chi connectivity index (χ0n) is 8.34. The van der Waals surface area contributed by atoms with Crippen LogP contribution in [0.15, 0.2) is 42.6 Å². The summed E-state index contributed by atoms with van der Waals surface area (Å²) >= 11 is 0. The molecule has 0 spiro atoms. The van der Waals surface area contributed by atoms with Crippen LogP contribution >= 0.6 is 0 Å². The van der Waals surface area contributed by atoms with Crippen LogP contribution in [0.5, 0.6) is 0 Å². The first-order chi connectivity index (χ1) is 7.15. The zero-order valence-corrected chi connectivity index (χ0v) is 8.34. The molecule has 1 rings (SSSR count). The molecule has 15 heavy (non-hydrogen) atoms. The van der Waals surface area contributed by atoms with Gasteiger partial charge in [-0.25, -0.2) is 4.79 Å². The Bertz CT molecular complexity index is 396. The van der Waals surface area contributed by atoms with Gasteiger partial charge in [-0.05, 0) is 18.7 Å². The maximum absolute atomic E-state index is 11.4. The normalized spacial score (nSPS) is 10.9. The maximum Gasteiger partial charge on any atom is 0.404 e. The lowest BCUT2D eigenvalue weighted by Gasteiger charge is -2.03. The second kappa shape index (κ2) is 4.95. The summed E-state index contributed by atoms with van der Waals surface area (Å²) in [6.45, 7) is 3.33. The number of esters is 1. The van der Waals surface area contributed by atoms with Crippen molar-refractivity contribution in [1.29, 1.82) is 0 Å². The Balaban J connectivity index is 2.85. The molecule has 0 aliphatic heterocycles. The van der Waals surface area contributed by atoms with Crippen LogP contribution in [0, 0.1) is 5.21 Å². The van der Waals surface area contributed by atoms with Crippen molar-refractivity contribution in [2.75, 3.05) is 7.11 Å². The van der Waals surface area contributed by atoms with E-state index in [9.17, 15) is 10.0 Å². The topological polar surface area (TPSA) is 52.4 Å². The fourth-order valence-corrected chi connectivity index (χ4v) is 0.960. The lowest BCUT2D eigenvalue weighted by Crippen LogP contribution is -2.14. The number of rotatable bonds is 3. The van der Waals surface area contributed by atoms with Gasteiger partial charge >= 0.3 is 5.97 Å². The smallest absolute Gasteiger partial charge is 0.404 e. The Kier molecular flexibility index (Phi) is 3.62. The van der Waals surface area contributed by atoms with E-state index in [1.807, 2.05) is 6.07 Å². The van der Waals surface area contributed by atoms with Crippen LogP contribution in [0.1, 0.15) is 5.56 Å². The number of nitrogens with zero attached hydrogens (tertiary/aromatic N) is 1. The van der Waals surface area contributed by atoms with Gasteiger partial charge in [-0.2, -0.15) is 4.74 Å². The molecule has 0 aliphatic carbocycles. The predicted molar refractivity (Wildman–Crippen MR) is 56.4 cm³/mol. The molecule has 1 aromatic carbocycles. The molecular weight excluding hydrogens is 194 g/mol. The van der Waals surface area contributed by atoms with Gasteiger partial charge in [0.05, 0.1) is 7.11 Å². The Morgan fingerprint density at radius 3 is 2.60 bits per heavy atom. The van der Waals surface area contributed by atoms with E-state index < -0.39 is 5.97 Å². The molecule has 0 atom stereocenters. The molecule has 0 radical (unpaired) electrons. The average Bonchev–Trinajstić information content (AvgIpc) is 2.28. The zero-order chi connectivity index (χ0) is 11.3. The van der Waals surface area contributed by atoms with Crippen LogP contribution in [0.3, 0.4) is 0 Å². The van der Waals surface area contributed by atoms with Crippen molar-refractivity contribution < 1.29 is 14.3 Å². The molecule has 0 N–H and O–H groups in total. The SMILES string of the molecule is C=C(C(=O)OC)/[N+]([O-])=C/c1ccccc1. The minimum atomic E-state index is -0.739. The maximum atomic E-state index is 11.4. The summed E-state index contributed by atoms with van der Waals surface area (Å²) in [5.74, 6) is -0.739. The van der Waals surface area contributed by atoms with Crippen molar-refractivity contribution in [1.82, 2.24) is 0 Å². The summed E-state index contributed by atoms with van der Waals surface area (Å²) in [6, 6.07) is 8.91. The van der Waals surface area contributed by atoms with Crippen LogP contribution < -0.4 is 0 Å². The third kappa shape index (κ3) is 2.95. The minimum Gasteiger partial charge on any atom is -0.618 e. The molecule has 0 fully saturated rings. The fraction of sp³-hybridized carbons (Fsp3) is 0.0909. The van der Waals surface area contributed by atoms with Crippen molar-refractivity contribution in [3.63, 3.8) is 0 Å². The Morgan fingerprint density at radius 2 is 2.07 bits per heavy atom. The van der Waals surface area contributed by atoms with Crippen LogP contribution in [0.4, 0.5) is 0 Å². The minimum absolute atomic E-state index is 0.249. The van der Waals surface area contributed by atoms with E-state index in [2.05, 4.69) is 11.3 Å². The lowest BCUT2D eigenvalue weighted by atomic mass is 10.2. The number of hydrogen-bond acceptors (Lipinski definition) is 3. The molecule has 0 bridgehead atoms. The number of carbonyl (C=O) groups excluding carboxylic acids is 1. The van der Waals surface area contributed by atoms with Gasteiger partial charge in [0.15, 0.2) is 6.21 Å². The van der Waals surface area contributed by atoms with Crippen LogP contribution in [-0.2, 0) is 9.53 Å². The summed E-state index contributed by atoms with van der Waals surface area (Å²) < 4.78 is 4.76. The molecule has 0 aliphatic rings. The molecule has 0 saturated heterocycles. The number of hydroxylamine groups is 1. The standard InChI is InChI=1S/C11H11NO3/c1-9(11(13)15-2)12(14)8-10-6-4-3-5-7-10/h3-8H,1H2,2H3/b12-8-. The monoisotopic (exact) mass is 205 g/mol. The Hall–Kier alpha value is -2.10. The highest BCUT2D eigenvalue weighted by Crippen LogP contribution is 1.98. The first-order valence-corrected chi connectivity index (χ1v) is 4.28. The van der Waals surface area contributed by atoms with Gasteiger partial charge in [-0.3, -0.25) is 0 Å². The van der Waals surface area contributed by atoms with Gasteiger partial charge in [0.1, 0.15) is 0 Å². The van der Waals surface area contributed by atoms with E-state index in [1.165, 1.54) is 13.3 Å². The molecule has 78 valence electrons. The number of hydrogen-bond donors (Lipinski definition) is 0. The lowest BCUT2D eigenvalue weighted by molar-refractivity contribution is -0.391. The summed E-state index contributed by atoms with van der Waals surface area (Å²) in [4.78, 5) is 11.0. The van der Waals surface area contributed by atoms with E-state index in [1.54, 1.807) is 24.3 Å². The fourth-order valence-electron chi connectivity index (χ4n) is 0.960. The van der Waals surface area contributed by atoms with Crippen molar-refractivity contribution in [2.45, 2.75) is 0 Å². The largest absolute Gasteiger partial charge is 0.618 e. The molecule has 0 aromatic heterocycles. The van der Waals surface area contributed by atoms with Crippen molar-refractivity contribution in [3.8, 4) is 0 Å². The second-order valence-corrected chi connectivity index (χ2v) is 2.80. The van der Waals surface area contributed by atoms with E-state index in [0.29, 0.717) is 10.3 Å². The molecule has 4 nitrogen and oxygen atoms in total. The van der Waals surface area contributed by atoms with E-state index in [0.717, 1.165) is 0 Å². The number of carbonyl (C=O) groups is 1. The predicted octanol–water partition coefficient (Wildman–Crippen LogP) is 1.30. The molecule has 0 heterocycles. The van der Waals surface area contributed by atoms with E-state index in [4.69, 9.17) is 0 Å². The van der Waals surface area contributed by atoms with Crippen LogP contribution in [0.2, 0.25) is 0 Å². The van der Waals surface area contributed by atoms with Crippen molar-refractivity contribution >= 4 is 12.2 Å². The van der Waals surface area contributed by atoms with Gasteiger partial charge in [0.25, 0.3) is 5.70 Å². The summed E-state index contributed by atoms with van der Waals surface area (Å²) in [7, 11) is 1.20. The van der Waals surface area contributed by atoms with Crippen LogP contribution in [0.25, 0.3) is 0 Å². The third-order valence-corrected chi connectivity index (χ3v) is 1.75.